The van der Waals surface area contributed by atoms with Crippen LogP contribution in [0.25, 0.3) is 22.2 Å². The summed E-state index contributed by atoms with van der Waals surface area (Å²) in [6.07, 6.45) is 0.975. The molecule has 5 heteroatoms. The zero-order valence-electron chi connectivity index (χ0n) is 15.4. The van der Waals surface area contributed by atoms with E-state index in [4.69, 9.17) is 4.74 Å². The standard InChI is InChI=1S/C21H24FN3O/c1-25(2)13-5-12-23-20-14-19(15-8-10-16(26-3)11-9-15)24-18-7-4-6-17(22)21(18)20/h4,6-11,14H,5,12-13H2,1-3H3,(H,23,24). The summed E-state index contributed by atoms with van der Waals surface area (Å²) in [6, 6.07) is 14.7. The molecule has 1 aromatic heterocycles. The van der Waals surface area contributed by atoms with Gasteiger partial charge in [0.15, 0.2) is 0 Å². The number of fused-ring (bicyclic) bond motifs is 1. The molecular weight excluding hydrogens is 329 g/mol. The van der Waals surface area contributed by atoms with Gasteiger partial charge in [-0.3, -0.25) is 0 Å². The Hall–Kier alpha value is -2.66. The first-order chi connectivity index (χ1) is 12.6. The third-order valence-electron chi connectivity index (χ3n) is 4.27. The normalized spacial score (nSPS) is 11.1. The smallest absolute Gasteiger partial charge is 0.134 e. The van der Waals surface area contributed by atoms with Crippen molar-refractivity contribution in [3.8, 4) is 17.0 Å². The topological polar surface area (TPSA) is 37.4 Å². The zero-order chi connectivity index (χ0) is 18.5. The fraction of sp³-hybridized carbons (Fsp3) is 0.286. The molecule has 4 nitrogen and oxygen atoms in total. The van der Waals surface area contributed by atoms with Gasteiger partial charge >= 0.3 is 0 Å². The minimum absolute atomic E-state index is 0.258. The van der Waals surface area contributed by atoms with Crippen LogP contribution in [-0.4, -0.2) is 44.2 Å². The molecule has 0 aliphatic rings. The van der Waals surface area contributed by atoms with Gasteiger partial charge in [0.25, 0.3) is 0 Å². The monoisotopic (exact) mass is 353 g/mol. The molecule has 0 unspecified atom stereocenters. The second kappa shape index (κ2) is 8.15. The Morgan fingerprint density at radius 3 is 2.58 bits per heavy atom. The molecule has 3 aromatic rings. The van der Waals surface area contributed by atoms with Crippen LogP contribution in [0.15, 0.2) is 48.5 Å². The van der Waals surface area contributed by atoms with E-state index in [9.17, 15) is 4.39 Å². The van der Waals surface area contributed by atoms with E-state index in [0.29, 0.717) is 10.9 Å². The van der Waals surface area contributed by atoms with E-state index in [-0.39, 0.29) is 5.82 Å². The number of benzene rings is 2. The van der Waals surface area contributed by atoms with E-state index in [0.717, 1.165) is 42.2 Å². The number of hydrogen-bond acceptors (Lipinski definition) is 4. The summed E-state index contributed by atoms with van der Waals surface area (Å²) in [5, 5.41) is 3.92. The average Bonchev–Trinajstić information content (AvgIpc) is 2.65. The van der Waals surface area contributed by atoms with Gasteiger partial charge < -0.3 is 15.0 Å². The molecular formula is C21H24FN3O. The molecule has 0 fully saturated rings. The number of nitrogens with zero attached hydrogens (tertiary/aromatic N) is 2. The van der Waals surface area contributed by atoms with Crippen molar-refractivity contribution in [1.82, 2.24) is 9.88 Å². The van der Waals surface area contributed by atoms with Gasteiger partial charge in [0.05, 0.1) is 23.7 Å². The number of aromatic nitrogens is 1. The molecule has 26 heavy (non-hydrogen) atoms. The molecule has 3 rings (SSSR count). The van der Waals surface area contributed by atoms with Crippen LogP contribution in [0.4, 0.5) is 10.1 Å². The maximum atomic E-state index is 14.4. The van der Waals surface area contributed by atoms with Gasteiger partial charge in [-0.15, -0.1) is 0 Å². The van der Waals surface area contributed by atoms with Crippen molar-refractivity contribution < 1.29 is 9.13 Å². The molecule has 0 bridgehead atoms. The predicted octanol–water partition coefficient (Wildman–Crippen LogP) is 4.41. The van der Waals surface area contributed by atoms with Gasteiger partial charge in [-0.25, -0.2) is 9.37 Å². The lowest BCUT2D eigenvalue weighted by atomic mass is 10.1. The maximum absolute atomic E-state index is 14.4. The van der Waals surface area contributed by atoms with Crippen LogP contribution in [0.5, 0.6) is 5.75 Å². The number of pyridine rings is 1. The Kier molecular flexibility index (Phi) is 5.68. The minimum Gasteiger partial charge on any atom is -0.497 e. The van der Waals surface area contributed by atoms with E-state index >= 15 is 0 Å². The minimum atomic E-state index is -0.258. The number of anilines is 1. The lowest BCUT2D eigenvalue weighted by Crippen LogP contribution is -2.16. The highest BCUT2D eigenvalue weighted by Gasteiger charge is 2.11. The van der Waals surface area contributed by atoms with Crippen LogP contribution in [0.3, 0.4) is 0 Å². The summed E-state index contributed by atoms with van der Waals surface area (Å²) in [5.41, 5.74) is 3.19. The molecule has 0 spiro atoms. The first-order valence-electron chi connectivity index (χ1n) is 8.71. The van der Waals surface area contributed by atoms with Crippen LogP contribution in [-0.2, 0) is 0 Å². The largest absolute Gasteiger partial charge is 0.497 e. The summed E-state index contributed by atoms with van der Waals surface area (Å²) in [5.74, 6) is 0.536. The van der Waals surface area contributed by atoms with Crippen LogP contribution in [0.1, 0.15) is 6.42 Å². The Labute approximate surface area is 153 Å². The summed E-state index contributed by atoms with van der Waals surface area (Å²) >= 11 is 0. The molecule has 0 saturated carbocycles. The predicted molar refractivity (Wildman–Crippen MR) is 105 cm³/mol. The highest BCUT2D eigenvalue weighted by molar-refractivity contribution is 5.94. The average molecular weight is 353 g/mol. The Morgan fingerprint density at radius 1 is 1.12 bits per heavy atom. The summed E-state index contributed by atoms with van der Waals surface area (Å²) < 4.78 is 19.6. The number of ether oxygens (including phenoxy) is 1. The van der Waals surface area contributed by atoms with Gasteiger partial charge in [-0.2, -0.15) is 0 Å². The highest BCUT2D eigenvalue weighted by Crippen LogP contribution is 2.30. The van der Waals surface area contributed by atoms with Gasteiger partial charge in [0, 0.05) is 17.8 Å². The van der Waals surface area contributed by atoms with E-state index in [1.54, 1.807) is 13.2 Å². The first-order valence-corrected chi connectivity index (χ1v) is 8.71. The van der Waals surface area contributed by atoms with Gasteiger partial charge in [-0.05, 0) is 69.5 Å². The molecule has 136 valence electrons. The van der Waals surface area contributed by atoms with Crippen molar-refractivity contribution in [3.05, 3.63) is 54.3 Å². The van der Waals surface area contributed by atoms with Gasteiger partial charge in [0.1, 0.15) is 11.6 Å². The fourth-order valence-electron chi connectivity index (χ4n) is 2.91. The molecule has 0 radical (unpaired) electrons. The Bertz CT molecular complexity index is 878. The molecule has 0 atom stereocenters. The highest BCUT2D eigenvalue weighted by atomic mass is 19.1. The zero-order valence-corrected chi connectivity index (χ0v) is 15.4. The molecule has 1 N–H and O–H groups in total. The van der Waals surface area contributed by atoms with Crippen molar-refractivity contribution in [1.29, 1.82) is 0 Å². The van der Waals surface area contributed by atoms with Crippen LogP contribution < -0.4 is 10.1 Å². The molecule has 2 aromatic carbocycles. The van der Waals surface area contributed by atoms with Crippen LogP contribution in [0.2, 0.25) is 0 Å². The first kappa shape index (κ1) is 18.1. The van der Waals surface area contributed by atoms with Crippen molar-refractivity contribution in [2.45, 2.75) is 6.42 Å². The van der Waals surface area contributed by atoms with Crippen molar-refractivity contribution in [3.63, 3.8) is 0 Å². The lowest BCUT2D eigenvalue weighted by Gasteiger charge is -2.14. The van der Waals surface area contributed by atoms with Crippen LogP contribution >= 0.6 is 0 Å². The Morgan fingerprint density at radius 2 is 1.88 bits per heavy atom. The van der Waals surface area contributed by atoms with E-state index in [2.05, 4.69) is 15.2 Å². The fourth-order valence-corrected chi connectivity index (χ4v) is 2.91. The molecule has 0 saturated heterocycles. The number of nitrogens with one attached hydrogen (secondary N) is 1. The summed E-state index contributed by atoms with van der Waals surface area (Å²) in [6.45, 7) is 1.75. The van der Waals surface area contributed by atoms with Crippen molar-refractivity contribution in [2.75, 3.05) is 39.6 Å². The lowest BCUT2D eigenvalue weighted by molar-refractivity contribution is 0.405. The maximum Gasteiger partial charge on any atom is 0.134 e. The van der Waals surface area contributed by atoms with Crippen molar-refractivity contribution >= 4 is 16.6 Å². The van der Waals surface area contributed by atoms with E-state index in [1.807, 2.05) is 50.5 Å². The molecule has 1 heterocycles. The second-order valence-corrected chi connectivity index (χ2v) is 6.50. The van der Waals surface area contributed by atoms with E-state index < -0.39 is 0 Å². The number of methoxy groups -OCH3 is 1. The third-order valence-corrected chi connectivity index (χ3v) is 4.27. The molecule has 0 aliphatic heterocycles. The van der Waals surface area contributed by atoms with Gasteiger partial charge in [-0.1, -0.05) is 6.07 Å². The van der Waals surface area contributed by atoms with Crippen molar-refractivity contribution in [2.24, 2.45) is 0 Å². The van der Waals surface area contributed by atoms with Crippen LogP contribution in [0, 0.1) is 5.82 Å². The number of halogens is 1. The Balaban J connectivity index is 1.97. The second-order valence-electron chi connectivity index (χ2n) is 6.50. The molecule has 0 amide bonds. The number of hydrogen-bond donors (Lipinski definition) is 1. The van der Waals surface area contributed by atoms with E-state index in [1.165, 1.54) is 6.07 Å². The third kappa shape index (κ3) is 4.11. The summed E-state index contributed by atoms with van der Waals surface area (Å²) in [7, 11) is 5.73. The molecule has 0 aliphatic carbocycles. The van der Waals surface area contributed by atoms with Gasteiger partial charge in [0.2, 0.25) is 0 Å². The SMILES string of the molecule is COc1ccc(-c2cc(NCCCN(C)C)c3c(F)cccc3n2)cc1. The number of rotatable bonds is 7. The quantitative estimate of drug-likeness (QED) is 0.638. The summed E-state index contributed by atoms with van der Waals surface area (Å²) in [4.78, 5) is 6.78.